The fourth-order valence-corrected chi connectivity index (χ4v) is 24.4. The Bertz CT molecular complexity index is 2960. The number of aliphatic hydroxyl groups is 4. The highest BCUT2D eigenvalue weighted by Gasteiger charge is 2.61. The first-order valence-corrected chi connectivity index (χ1v) is 35.7. The number of allylic oxidation sites excluding steroid dienone is 6. The minimum Gasteiger partial charge on any atom is -0.508 e. The third kappa shape index (κ3) is 11.5. The Labute approximate surface area is 545 Å². The maximum atomic E-state index is 11.8. The summed E-state index contributed by atoms with van der Waals surface area (Å²) in [6.45, 7) is 11.1. The van der Waals surface area contributed by atoms with Crippen molar-refractivity contribution >= 4 is 11.6 Å². The van der Waals surface area contributed by atoms with E-state index in [1.54, 1.807) is 24.3 Å². The zero-order valence-corrected chi connectivity index (χ0v) is 55.0. The van der Waals surface area contributed by atoms with Crippen molar-refractivity contribution in [2.24, 2.45) is 128 Å². The molecule has 0 amide bonds. The van der Waals surface area contributed by atoms with Crippen molar-refractivity contribution in [1.82, 2.24) is 0 Å². The number of aliphatic hydroxyl groups excluding tert-OH is 4. The van der Waals surface area contributed by atoms with Gasteiger partial charge in [-0.1, -0.05) is 63.1 Å². The van der Waals surface area contributed by atoms with Crippen LogP contribution in [0.25, 0.3) is 0 Å². The molecule has 16 heteroatoms. The first-order valence-electron chi connectivity index (χ1n) is 35.7. The number of nitrogens with two attached hydrogens (primary N) is 4. The Hall–Kier alpha value is -4.14. The maximum Gasteiger partial charge on any atom is 0.178 e. The lowest BCUT2D eigenvalue weighted by Crippen LogP contribution is -2.49. The van der Waals surface area contributed by atoms with Gasteiger partial charge in [-0.15, -0.1) is 0 Å². The fraction of sp³-hybridized carbons (Fsp3) is 0.711. The summed E-state index contributed by atoms with van der Waals surface area (Å²) in [6.07, 6.45) is 32.1. The molecule has 0 saturated heterocycles. The Morgan fingerprint density at radius 1 is 0.402 bits per heavy atom. The third-order valence-electron chi connectivity index (χ3n) is 29.1. The van der Waals surface area contributed by atoms with Gasteiger partial charge in [0, 0.05) is 35.5 Å². The monoisotopic (exact) mass is 1270 g/mol. The van der Waals surface area contributed by atoms with Crippen molar-refractivity contribution in [2.75, 3.05) is 26.4 Å². The molecule has 16 rings (SSSR count). The summed E-state index contributed by atoms with van der Waals surface area (Å²) in [5.41, 5.74) is 7.90. The lowest BCUT2D eigenvalue weighted by Gasteiger charge is -2.54. The van der Waals surface area contributed by atoms with Gasteiger partial charge in [-0.2, -0.15) is 0 Å². The van der Waals surface area contributed by atoms with E-state index >= 15 is 0 Å². The molecule has 0 aliphatic heterocycles. The molecule has 26 atom stereocenters. The third-order valence-corrected chi connectivity index (χ3v) is 29.1. The topological polar surface area (TPSA) is 297 Å². The van der Waals surface area contributed by atoms with E-state index in [1.807, 2.05) is 24.3 Å². The van der Waals surface area contributed by atoms with E-state index in [2.05, 4.69) is 52.0 Å². The Morgan fingerprint density at radius 3 is 1.07 bits per heavy atom. The Balaban J connectivity index is 0.000000112. The van der Waals surface area contributed by atoms with Crippen molar-refractivity contribution in [3.8, 4) is 11.5 Å². The molecule has 0 radical (unpaired) electrons. The van der Waals surface area contributed by atoms with Crippen LogP contribution in [0.4, 0.5) is 0 Å². The normalized spacial score (nSPS) is 45.2. The molecule has 14 N–H and O–H groups in total. The Morgan fingerprint density at radius 2 is 0.717 bits per heavy atom. The van der Waals surface area contributed by atoms with Crippen LogP contribution < -0.4 is 23.6 Å². The summed E-state index contributed by atoms with van der Waals surface area (Å²) < 4.78 is 0. The lowest BCUT2D eigenvalue weighted by molar-refractivity contribution is -0.111. The van der Waals surface area contributed by atoms with Crippen molar-refractivity contribution < 1.29 is 59.6 Å². The summed E-state index contributed by atoms with van der Waals surface area (Å²) in [5, 5.41) is 61.8. The number of benzene rings is 2. The van der Waals surface area contributed by atoms with E-state index in [0.717, 1.165) is 128 Å². The molecular weight excluding hydrogens is 1160 g/mol. The number of aromatic hydroxyl groups is 2. The average molecular weight is 1270 g/mol. The molecular formula is C76H108N4O12. The number of phenolic OH excluding ortho intramolecular Hbond substituents is 2. The van der Waals surface area contributed by atoms with Gasteiger partial charge in [-0.05, 0) is 292 Å². The minimum absolute atomic E-state index is 0.0731. The van der Waals surface area contributed by atoms with Crippen LogP contribution in [0.5, 0.6) is 11.5 Å². The second-order valence-electron chi connectivity index (χ2n) is 32.7. The molecule has 92 heavy (non-hydrogen) atoms. The van der Waals surface area contributed by atoms with Crippen LogP contribution in [0.1, 0.15) is 202 Å². The van der Waals surface area contributed by atoms with Crippen molar-refractivity contribution in [3.05, 3.63) is 106 Å². The predicted molar refractivity (Wildman–Crippen MR) is 350 cm³/mol. The minimum atomic E-state index is -0.155. The zero-order chi connectivity index (χ0) is 64.8. The fourth-order valence-electron chi connectivity index (χ4n) is 24.4. The van der Waals surface area contributed by atoms with Gasteiger partial charge < -0.3 is 50.0 Å². The summed E-state index contributed by atoms with van der Waals surface area (Å²) in [5.74, 6) is 31.0. The molecule has 10 fully saturated rings. The molecule has 2 aromatic rings. The molecule has 10 saturated carbocycles. The highest BCUT2D eigenvalue weighted by atomic mass is 16.6. The molecule has 0 aromatic heterocycles. The Kier molecular flexibility index (Phi) is 19.0. The predicted octanol–water partition coefficient (Wildman–Crippen LogP) is 10.8. The van der Waals surface area contributed by atoms with Gasteiger partial charge in [0.05, 0.1) is 50.8 Å². The van der Waals surface area contributed by atoms with E-state index in [-0.39, 0.29) is 81.3 Å². The number of phenols is 2. The molecule has 0 spiro atoms. The van der Waals surface area contributed by atoms with Crippen molar-refractivity contribution in [3.63, 3.8) is 0 Å². The van der Waals surface area contributed by atoms with Gasteiger partial charge in [0.2, 0.25) is 0 Å². The van der Waals surface area contributed by atoms with Crippen LogP contribution in [-0.2, 0) is 28.9 Å². The molecule has 504 valence electrons. The number of carbonyl (C=O) groups is 2. The molecule has 2 aromatic carbocycles. The van der Waals surface area contributed by atoms with E-state index in [4.69, 9.17) is 42.9 Å². The summed E-state index contributed by atoms with van der Waals surface area (Å²) in [7, 11) is 0. The van der Waals surface area contributed by atoms with E-state index in [0.29, 0.717) is 121 Å². The first kappa shape index (κ1) is 66.5. The molecule has 0 heterocycles. The first-order chi connectivity index (χ1) is 44.2. The van der Waals surface area contributed by atoms with Crippen molar-refractivity contribution in [2.45, 2.75) is 204 Å². The zero-order valence-electron chi connectivity index (χ0n) is 55.0. The van der Waals surface area contributed by atoms with Crippen molar-refractivity contribution in [1.29, 1.82) is 0 Å². The number of hydrogen-bond acceptors (Lipinski definition) is 16. The standard InChI is InChI=1S/4C19H27NO3/c4*1-19-7-6-14-13-3-2-12(21)9-15(13)11(10-23-20)8-16(14)17(19)4-5-18(19)22/h2*2-3,9,11,14,16-18,21-22H,4-8,10,20H2,1H3;2*2-3,9,11,13-14,16-18,22H,4-8,10,20H2,1H3/t11-,14+,16+,17-,18-,19-;11-,14-,16-,17+,18+,19+;11-,13?,14+,16+,17-,18-,19-;11-,13?,14-,16-,17+,18+,19+/m0101/s1. The molecule has 14 aliphatic rings. The van der Waals surface area contributed by atoms with Crippen LogP contribution in [0.2, 0.25) is 0 Å². The van der Waals surface area contributed by atoms with Gasteiger partial charge in [0.1, 0.15) is 11.5 Å². The van der Waals surface area contributed by atoms with Gasteiger partial charge in [-0.3, -0.25) is 9.59 Å². The maximum absolute atomic E-state index is 11.8. The number of ketones is 2. The number of rotatable bonds is 8. The molecule has 14 aliphatic carbocycles. The van der Waals surface area contributed by atoms with Gasteiger partial charge in [-0.25, -0.2) is 23.6 Å². The SMILES string of the molecule is C[C@]12CC[C@@H]3C4C=CC(=O)C=C4[C@@H](CON)C[C@H]3[C@@H]1CC[C@@H]2O.C[C@]12CC[C@@H]3C4C=CC(=O)C=C4[C@H](CON)C[C@H]3[C@@H]1CC[C@@H]2O.C[C@]12CC[C@@H]3c4ccc(O)cc4[C@@H](CON)C[C@H]3[C@@H]1CC[C@@H]2O.C[C@]12CC[C@@H]3c4ccc(O)cc4[C@H](CON)C[C@H]3[C@@H]1CC[C@@H]2O. The van der Waals surface area contributed by atoms with Gasteiger partial charge in [0.15, 0.2) is 11.6 Å². The van der Waals surface area contributed by atoms with E-state index in [9.17, 15) is 40.2 Å². The van der Waals surface area contributed by atoms with Crippen LogP contribution in [0.15, 0.2) is 84.0 Å². The summed E-state index contributed by atoms with van der Waals surface area (Å²) in [4.78, 5) is 43.6. The number of carbonyl (C=O) groups excluding carboxylic acids is 2. The van der Waals surface area contributed by atoms with Gasteiger partial charge >= 0.3 is 0 Å². The van der Waals surface area contributed by atoms with Crippen LogP contribution in [0.3, 0.4) is 0 Å². The molecule has 16 nitrogen and oxygen atoms in total. The highest BCUT2D eigenvalue weighted by molar-refractivity contribution is 6.01. The van der Waals surface area contributed by atoms with Crippen LogP contribution in [0, 0.1) is 105 Å². The largest absolute Gasteiger partial charge is 0.508 e. The lowest BCUT2D eigenvalue weighted by atomic mass is 9.51. The number of fused-ring (bicyclic) bond motifs is 20. The summed E-state index contributed by atoms with van der Waals surface area (Å²) in [6, 6.07) is 11.6. The smallest absolute Gasteiger partial charge is 0.178 e. The van der Waals surface area contributed by atoms with E-state index < -0.39 is 0 Å². The molecule has 2 unspecified atom stereocenters. The second kappa shape index (κ2) is 26.4. The van der Waals surface area contributed by atoms with Gasteiger partial charge in [0.25, 0.3) is 0 Å². The van der Waals surface area contributed by atoms with E-state index in [1.165, 1.54) is 33.4 Å². The average Bonchev–Trinajstić information content (AvgIpc) is 1.37. The summed E-state index contributed by atoms with van der Waals surface area (Å²) >= 11 is 0. The number of hydrogen-bond donors (Lipinski definition) is 10. The quantitative estimate of drug-likeness (QED) is 0.110. The van der Waals surface area contributed by atoms with Crippen LogP contribution in [-0.4, -0.2) is 93.0 Å². The molecule has 0 bridgehead atoms. The highest BCUT2D eigenvalue weighted by Crippen LogP contribution is 2.67. The second-order valence-corrected chi connectivity index (χ2v) is 32.7. The van der Waals surface area contributed by atoms with Crippen LogP contribution >= 0.6 is 0 Å².